The SMILES string of the molecule is CCNC1CC(Oc2ccc(Br)cc2Br)C12CCCCC2. The van der Waals surface area contributed by atoms with Crippen LogP contribution in [0.15, 0.2) is 27.1 Å². The van der Waals surface area contributed by atoms with Crippen molar-refractivity contribution in [2.45, 2.75) is 57.6 Å². The molecule has 4 heteroatoms. The molecule has 1 spiro atoms. The van der Waals surface area contributed by atoms with Gasteiger partial charge in [-0.2, -0.15) is 0 Å². The summed E-state index contributed by atoms with van der Waals surface area (Å²) < 4.78 is 8.51. The molecule has 2 aliphatic carbocycles. The maximum atomic E-state index is 6.40. The summed E-state index contributed by atoms with van der Waals surface area (Å²) in [6.45, 7) is 3.26. The minimum absolute atomic E-state index is 0.360. The molecule has 0 amide bonds. The van der Waals surface area contributed by atoms with Crippen molar-refractivity contribution >= 4 is 31.9 Å². The highest BCUT2D eigenvalue weighted by molar-refractivity contribution is 9.11. The minimum Gasteiger partial charge on any atom is -0.489 e. The van der Waals surface area contributed by atoms with E-state index in [2.05, 4.69) is 56.2 Å². The number of hydrogen-bond donors (Lipinski definition) is 1. The third kappa shape index (κ3) is 3.04. The van der Waals surface area contributed by atoms with E-state index in [0.29, 0.717) is 17.6 Å². The molecule has 2 saturated carbocycles. The van der Waals surface area contributed by atoms with Crippen LogP contribution >= 0.6 is 31.9 Å². The van der Waals surface area contributed by atoms with Crippen LogP contribution in [-0.4, -0.2) is 18.7 Å². The number of halogens is 2. The lowest BCUT2D eigenvalue weighted by molar-refractivity contribution is -0.102. The smallest absolute Gasteiger partial charge is 0.134 e. The Balaban J connectivity index is 1.75. The minimum atomic E-state index is 0.360. The molecule has 1 aromatic rings. The lowest BCUT2D eigenvalue weighted by atomic mass is 9.55. The molecule has 1 aromatic carbocycles. The van der Waals surface area contributed by atoms with Crippen LogP contribution in [0.4, 0.5) is 0 Å². The first-order chi connectivity index (χ1) is 10.2. The van der Waals surface area contributed by atoms with Gasteiger partial charge in [0.1, 0.15) is 11.9 Å². The maximum Gasteiger partial charge on any atom is 0.134 e. The van der Waals surface area contributed by atoms with Crippen LogP contribution < -0.4 is 10.1 Å². The Labute approximate surface area is 144 Å². The van der Waals surface area contributed by atoms with Crippen LogP contribution in [0.25, 0.3) is 0 Å². The van der Waals surface area contributed by atoms with Crippen molar-refractivity contribution in [1.29, 1.82) is 0 Å². The molecule has 1 N–H and O–H groups in total. The third-order valence-corrected chi connectivity index (χ3v) is 6.30. The summed E-state index contributed by atoms with van der Waals surface area (Å²) >= 11 is 7.11. The topological polar surface area (TPSA) is 21.3 Å². The van der Waals surface area contributed by atoms with Crippen molar-refractivity contribution in [1.82, 2.24) is 5.32 Å². The summed E-state index contributed by atoms with van der Waals surface area (Å²) in [5.41, 5.74) is 0.362. The Morgan fingerprint density at radius 2 is 2.00 bits per heavy atom. The number of nitrogens with one attached hydrogen (secondary N) is 1. The van der Waals surface area contributed by atoms with Gasteiger partial charge >= 0.3 is 0 Å². The average molecular weight is 417 g/mol. The molecule has 0 aliphatic heterocycles. The number of ether oxygens (including phenoxy) is 1. The first kappa shape index (κ1) is 15.8. The van der Waals surface area contributed by atoms with Gasteiger partial charge < -0.3 is 10.1 Å². The zero-order valence-corrected chi connectivity index (χ0v) is 15.7. The molecule has 3 rings (SSSR count). The molecule has 2 nitrogen and oxygen atoms in total. The Hall–Kier alpha value is -0.0600. The van der Waals surface area contributed by atoms with Crippen LogP contribution in [-0.2, 0) is 0 Å². The molecule has 2 unspecified atom stereocenters. The van der Waals surface area contributed by atoms with Gasteiger partial charge in [-0.3, -0.25) is 0 Å². The predicted molar refractivity (Wildman–Crippen MR) is 93.9 cm³/mol. The van der Waals surface area contributed by atoms with Crippen LogP contribution in [0, 0.1) is 5.41 Å². The van der Waals surface area contributed by atoms with E-state index < -0.39 is 0 Å². The van der Waals surface area contributed by atoms with Gasteiger partial charge in [0, 0.05) is 22.4 Å². The molecule has 0 heterocycles. The number of rotatable bonds is 4. The van der Waals surface area contributed by atoms with Gasteiger partial charge in [0.25, 0.3) is 0 Å². The second kappa shape index (κ2) is 6.59. The molecule has 0 bridgehead atoms. The molecule has 0 radical (unpaired) electrons. The molecule has 0 aromatic heterocycles. The molecule has 0 saturated heterocycles. The van der Waals surface area contributed by atoms with E-state index in [1.54, 1.807) is 0 Å². The highest BCUT2D eigenvalue weighted by Gasteiger charge is 2.56. The average Bonchev–Trinajstić information content (AvgIpc) is 2.49. The molecule has 2 fully saturated rings. The summed E-state index contributed by atoms with van der Waals surface area (Å²) in [5, 5.41) is 3.68. The lowest BCUT2D eigenvalue weighted by Gasteiger charge is -2.57. The van der Waals surface area contributed by atoms with E-state index in [9.17, 15) is 0 Å². The molecule has 2 aliphatic rings. The summed E-state index contributed by atoms with van der Waals surface area (Å²) in [6, 6.07) is 6.81. The van der Waals surface area contributed by atoms with Crippen LogP contribution in [0.2, 0.25) is 0 Å². The first-order valence-corrected chi connectivity index (χ1v) is 9.59. The van der Waals surface area contributed by atoms with Crippen molar-refractivity contribution < 1.29 is 4.74 Å². The largest absolute Gasteiger partial charge is 0.489 e. The van der Waals surface area contributed by atoms with E-state index in [1.807, 2.05) is 6.07 Å². The molecular formula is C17H23Br2NO. The Morgan fingerprint density at radius 1 is 1.24 bits per heavy atom. The van der Waals surface area contributed by atoms with E-state index in [-0.39, 0.29) is 0 Å². The van der Waals surface area contributed by atoms with Crippen molar-refractivity contribution in [2.24, 2.45) is 5.41 Å². The van der Waals surface area contributed by atoms with Crippen molar-refractivity contribution in [2.75, 3.05) is 6.54 Å². The standard InChI is InChI=1S/C17H23Br2NO/c1-2-20-15-11-16(17(15)8-4-3-5-9-17)21-14-7-6-12(18)10-13(14)19/h6-7,10,15-16,20H,2-5,8-9,11H2,1H3. The van der Waals surface area contributed by atoms with Gasteiger partial charge in [-0.05, 0) is 53.5 Å². The summed E-state index contributed by atoms with van der Waals surface area (Å²) in [7, 11) is 0. The molecule has 116 valence electrons. The molecule has 2 atom stereocenters. The Kier molecular flexibility index (Phi) is 4.97. The second-order valence-corrected chi connectivity index (χ2v) is 8.09. The number of benzene rings is 1. The maximum absolute atomic E-state index is 6.40. The Morgan fingerprint density at radius 3 is 2.67 bits per heavy atom. The van der Waals surface area contributed by atoms with Crippen molar-refractivity contribution in [3.63, 3.8) is 0 Å². The Bertz CT molecular complexity index is 500. The zero-order chi connectivity index (χ0) is 14.9. The van der Waals surface area contributed by atoms with Gasteiger partial charge in [0.15, 0.2) is 0 Å². The highest BCUT2D eigenvalue weighted by atomic mass is 79.9. The summed E-state index contributed by atoms with van der Waals surface area (Å²) in [6.07, 6.45) is 8.20. The zero-order valence-electron chi connectivity index (χ0n) is 12.5. The van der Waals surface area contributed by atoms with E-state index in [1.165, 1.54) is 32.1 Å². The fourth-order valence-electron chi connectivity index (χ4n) is 4.05. The van der Waals surface area contributed by atoms with Gasteiger partial charge in [-0.15, -0.1) is 0 Å². The van der Waals surface area contributed by atoms with Gasteiger partial charge in [0.05, 0.1) is 4.47 Å². The summed E-state index contributed by atoms with van der Waals surface area (Å²) in [5.74, 6) is 0.975. The van der Waals surface area contributed by atoms with Crippen LogP contribution in [0.3, 0.4) is 0 Å². The van der Waals surface area contributed by atoms with E-state index in [0.717, 1.165) is 27.7 Å². The molecular weight excluding hydrogens is 394 g/mol. The normalized spacial score (nSPS) is 27.4. The van der Waals surface area contributed by atoms with Gasteiger partial charge in [-0.25, -0.2) is 0 Å². The fourth-order valence-corrected chi connectivity index (χ4v) is 5.19. The van der Waals surface area contributed by atoms with Crippen molar-refractivity contribution in [3.05, 3.63) is 27.1 Å². The van der Waals surface area contributed by atoms with E-state index in [4.69, 9.17) is 4.74 Å². The van der Waals surface area contributed by atoms with Gasteiger partial charge in [0.2, 0.25) is 0 Å². The fraction of sp³-hybridized carbons (Fsp3) is 0.647. The second-order valence-electron chi connectivity index (χ2n) is 6.32. The monoisotopic (exact) mass is 415 g/mol. The van der Waals surface area contributed by atoms with E-state index >= 15 is 0 Å². The van der Waals surface area contributed by atoms with Gasteiger partial charge in [-0.1, -0.05) is 42.1 Å². The van der Waals surface area contributed by atoms with Crippen LogP contribution in [0.1, 0.15) is 45.4 Å². The third-order valence-electron chi connectivity index (χ3n) is 5.18. The highest BCUT2D eigenvalue weighted by Crippen LogP contribution is 2.53. The molecule has 21 heavy (non-hydrogen) atoms. The quantitative estimate of drug-likeness (QED) is 0.719. The number of hydrogen-bond acceptors (Lipinski definition) is 2. The van der Waals surface area contributed by atoms with Crippen molar-refractivity contribution in [3.8, 4) is 5.75 Å². The lowest BCUT2D eigenvalue weighted by Crippen LogP contribution is -2.65. The summed E-state index contributed by atoms with van der Waals surface area (Å²) in [4.78, 5) is 0. The van der Waals surface area contributed by atoms with Crippen LogP contribution in [0.5, 0.6) is 5.75 Å². The predicted octanol–water partition coefficient (Wildman–Crippen LogP) is 5.29. The first-order valence-electron chi connectivity index (χ1n) is 8.01.